The minimum Gasteiger partial charge on any atom is -0.378 e. The van der Waals surface area contributed by atoms with Gasteiger partial charge < -0.3 is 15.4 Å². The first-order chi connectivity index (χ1) is 12.5. The minimum absolute atomic E-state index is 0.0894. The molecule has 1 fully saturated rings. The number of nitrogens with two attached hydrogens (primary N) is 1. The second-order valence-electron chi connectivity index (χ2n) is 6.17. The Morgan fingerprint density at radius 1 is 1.31 bits per heavy atom. The summed E-state index contributed by atoms with van der Waals surface area (Å²) in [7, 11) is -3.58. The summed E-state index contributed by atoms with van der Waals surface area (Å²) in [5.41, 5.74) is 5.93. The summed E-state index contributed by atoms with van der Waals surface area (Å²) in [6.07, 6.45) is 4.09. The number of carbonyl (C=O) groups is 1. The Kier molecular flexibility index (Phi) is 7.77. The van der Waals surface area contributed by atoms with E-state index in [2.05, 4.69) is 11.3 Å². The Bertz CT molecular complexity index is 696. The molecule has 0 unspecified atom stereocenters. The molecule has 1 aliphatic heterocycles. The normalized spacial score (nSPS) is 15.8. The second kappa shape index (κ2) is 9.82. The maximum absolute atomic E-state index is 12.6. The van der Waals surface area contributed by atoms with E-state index in [9.17, 15) is 13.2 Å². The standard InChI is InChI=1S/C18H27N3O4S/c1-2-11-20-26(23,24)17-6-4-15(5-7-17)18(22)21-12-8-16(9-13-21)25-14-3-10-19/h2,4-7,16,20H,1,3,8-14,19H2. The number of hydrogen-bond donors (Lipinski definition) is 2. The summed E-state index contributed by atoms with van der Waals surface area (Å²) in [6.45, 7) is 6.18. The van der Waals surface area contributed by atoms with Gasteiger partial charge in [0.15, 0.2) is 0 Å². The first kappa shape index (κ1) is 20.6. The van der Waals surface area contributed by atoms with Gasteiger partial charge >= 0.3 is 0 Å². The molecular weight excluding hydrogens is 354 g/mol. The van der Waals surface area contributed by atoms with E-state index in [0.29, 0.717) is 31.8 Å². The molecule has 3 N–H and O–H groups in total. The van der Waals surface area contributed by atoms with Crippen molar-refractivity contribution in [2.75, 3.05) is 32.8 Å². The molecule has 0 saturated carbocycles. The van der Waals surface area contributed by atoms with Gasteiger partial charge in [-0.05, 0) is 50.1 Å². The van der Waals surface area contributed by atoms with Crippen molar-refractivity contribution in [1.29, 1.82) is 0 Å². The highest BCUT2D eigenvalue weighted by atomic mass is 32.2. The maximum Gasteiger partial charge on any atom is 0.253 e. The zero-order valence-corrected chi connectivity index (χ0v) is 15.7. The third-order valence-corrected chi connectivity index (χ3v) is 5.70. The molecule has 1 aromatic rings. The first-order valence-corrected chi connectivity index (χ1v) is 10.3. The molecule has 1 aliphatic rings. The van der Waals surface area contributed by atoms with Crippen LogP contribution in [0.15, 0.2) is 41.8 Å². The zero-order chi connectivity index (χ0) is 19.0. The average Bonchev–Trinajstić information content (AvgIpc) is 2.67. The molecule has 0 aliphatic carbocycles. The van der Waals surface area contributed by atoms with Gasteiger partial charge in [-0.2, -0.15) is 0 Å². The molecule has 2 rings (SSSR count). The third-order valence-electron chi connectivity index (χ3n) is 4.26. The van der Waals surface area contributed by atoms with Gasteiger partial charge in [0.05, 0.1) is 11.0 Å². The van der Waals surface area contributed by atoms with Crippen molar-refractivity contribution < 1.29 is 17.9 Å². The molecule has 0 radical (unpaired) electrons. The number of likely N-dealkylation sites (tertiary alicyclic amines) is 1. The summed E-state index contributed by atoms with van der Waals surface area (Å²) in [6, 6.07) is 5.99. The largest absolute Gasteiger partial charge is 0.378 e. The second-order valence-corrected chi connectivity index (χ2v) is 7.94. The SMILES string of the molecule is C=CCNS(=O)(=O)c1ccc(C(=O)N2CCC(OCCCN)CC2)cc1. The molecule has 26 heavy (non-hydrogen) atoms. The lowest BCUT2D eigenvalue weighted by molar-refractivity contribution is 0.00844. The number of piperidine rings is 1. The summed E-state index contributed by atoms with van der Waals surface area (Å²) >= 11 is 0. The van der Waals surface area contributed by atoms with Crippen LogP contribution in [0.5, 0.6) is 0 Å². The van der Waals surface area contributed by atoms with Gasteiger partial charge in [0.1, 0.15) is 0 Å². The lowest BCUT2D eigenvalue weighted by atomic mass is 10.1. The highest BCUT2D eigenvalue weighted by Gasteiger charge is 2.24. The van der Waals surface area contributed by atoms with Crippen molar-refractivity contribution in [3.05, 3.63) is 42.5 Å². The predicted molar refractivity (Wildman–Crippen MR) is 100 cm³/mol. The third kappa shape index (κ3) is 5.63. The van der Waals surface area contributed by atoms with Crippen molar-refractivity contribution in [3.63, 3.8) is 0 Å². The first-order valence-electron chi connectivity index (χ1n) is 8.79. The van der Waals surface area contributed by atoms with E-state index in [1.165, 1.54) is 18.2 Å². The molecule has 1 heterocycles. The van der Waals surface area contributed by atoms with E-state index in [0.717, 1.165) is 19.3 Å². The fourth-order valence-corrected chi connectivity index (χ4v) is 3.77. The van der Waals surface area contributed by atoms with Crippen LogP contribution in [0.4, 0.5) is 0 Å². The van der Waals surface area contributed by atoms with Gasteiger partial charge in [-0.25, -0.2) is 13.1 Å². The van der Waals surface area contributed by atoms with Crippen LogP contribution >= 0.6 is 0 Å². The summed E-state index contributed by atoms with van der Waals surface area (Å²) in [5, 5.41) is 0. The van der Waals surface area contributed by atoms with Crippen LogP contribution < -0.4 is 10.5 Å². The summed E-state index contributed by atoms with van der Waals surface area (Å²) in [4.78, 5) is 14.5. The van der Waals surface area contributed by atoms with Gasteiger partial charge in [0, 0.05) is 31.8 Å². The van der Waals surface area contributed by atoms with Gasteiger partial charge in [0.25, 0.3) is 5.91 Å². The van der Waals surface area contributed by atoms with Gasteiger partial charge in [0.2, 0.25) is 10.0 Å². The van der Waals surface area contributed by atoms with Crippen LogP contribution in [0.2, 0.25) is 0 Å². The Morgan fingerprint density at radius 3 is 2.54 bits per heavy atom. The quantitative estimate of drug-likeness (QED) is 0.493. The molecule has 1 amide bonds. The van der Waals surface area contributed by atoms with Crippen molar-refractivity contribution in [2.24, 2.45) is 5.73 Å². The van der Waals surface area contributed by atoms with Gasteiger partial charge in [-0.1, -0.05) is 6.08 Å². The molecule has 0 spiro atoms. The monoisotopic (exact) mass is 381 g/mol. The number of rotatable bonds is 9. The van der Waals surface area contributed by atoms with E-state index >= 15 is 0 Å². The van der Waals surface area contributed by atoms with Crippen molar-refractivity contribution in [3.8, 4) is 0 Å². The Balaban J connectivity index is 1.91. The Hall–Kier alpha value is -1.74. The Morgan fingerprint density at radius 2 is 1.96 bits per heavy atom. The van der Waals surface area contributed by atoms with Crippen molar-refractivity contribution >= 4 is 15.9 Å². The minimum atomic E-state index is -3.58. The number of nitrogens with one attached hydrogen (secondary N) is 1. The molecule has 144 valence electrons. The average molecular weight is 381 g/mol. The Labute approximate surface area is 155 Å². The molecule has 0 aromatic heterocycles. The summed E-state index contributed by atoms with van der Waals surface area (Å²) < 4.78 is 32.2. The van der Waals surface area contributed by atoms with E-state index in [1.807, 2.05) is 0 Å². The number of carbonyl (C=O) groups excluding carboxylic acids is 1. The van der Waals surface area contributed by atoms with Crippen LogP contribution in [0.25, 0.3) is 0 Å². The molecule has 0 bridgehead atoms. The highest BCUT2D eigenvalue weighted by molar-refractivity contribution is 7.89. The molecule has 0 atom stereocenters. The molecular formula is C18H27N3O4S. The molecule has 1 saturated heterocycles. The highest BCUT2D eigenvalue weighted by Crippen LogP contribution is 2.18. The number of sulfonamides is 1. The lowest BCUT2D eigenvalue weighted by Gasteiger charge is -2.32. The van der Waals surface area contributed by atoms with E-state index < -0.39 is 10.0 Å². The van der Waals surface area contributed by atoms with Gasteiger partial charge in [-0.3, -0.25) is 4.79 Å². The molecule has 7 nitrogen and oxygen atoms in total. The molecule has 1 aromatic carbocycles. The molecule has 8 heteroatoms. The van der Waals surface area contributed by atoms with Crippen molar-refractivity contribution in [2.45, 2.75) is 30.3 Å². The zero-order valence-electron chi connectivity index (χ0n) is 14.9. The number of ether oxygens (including phenoxy) is 1. The van der Waals surface area contributed by atoms with Crippen LogP contribution in [0.3, 0.4) is 0 Å². The van der Waals surface area contributed by atoms with E-state index in [1.54, 1.807) is 17.0 Å². The summed E-state index contributed by atoms with van der Waals surface area (Å²) in [5.74, 6) is -0.0894. The van der Waals surface area contributed by atoms with Crippen LogP contribution in [-0.2, 0) is 14.8 Å². The fraction of sp³-hybridized carbons (Fsp3) is 0.500. The van der Waals surface area contributed by atoms with Crippen LogP contribution in [-0.4, -0.2) is 58.1 Å². The van der Waals surface area contributed by atoms with E-state index in [-0.39, 0.29) is 23.5 Å². The fourth-order valence-electron chi connectivity index (χ4n) is 2.77. The van der Waals surface area contributed by atoms with Gasteiger partial charge in [-0.15, -0.1) is 6.58 Å². The smallest absolute Gasteiger partial charge is 0.253 e. The predicted octanol–water partition coefficient (Wildman–Crippen LogP) is 1.12. The number of benzene rings is 1. The van der Waals surface area contributed by atoms with Crippen molar-refractivity contribution in [1.82, 2.24) is 9.62 Å². The van der Waals surface area contributed by atoms with Crippen LogP contribution in [0, 0.1) is 0 Å². The maximum atomic E-state index is 12.6. The number of nitrogens with zero attached hydrogens (tertiary/aromatic N) is 1. The van der Waals surface area contributed by atoms with Crippen LogP contribution in [0.1, 0.15) is 29.6 Å². The topological polar surface area (TPSA) is 102 Å². The van der Waals surface area contributed by atoms with E-state index in [4.69, 9.17) is 10.5 Å². The lowest BCUT2D eigenvalue weighted by Crippen LogP contribution is -2.41. The number of amides is 1. The number of hydrogen-bond acceptors (Lipinski definition) is 5.